The van der Waals surface area contributed by atoms with Gasteiger partial charge in [0.1, 0.15) is 17.9 Å². The first-order valence-electron chi connectivity index (χ1n) is 11.3. The molecule has 0 saturated heterocycles. The average molecular weight is 485 g/mol. The second-order valence-electron chi connectivity index (χ2n) is 8.24. The van der Waals surface area contributed by atoms with Crippen molar-refractivity contribution in [3.8, 4) is 17.2 Å². The predicted octanol–water partition coefficient (Wildman–Crippen LogP) is 5.58. The molecule has 4 aromatic rings. The molecule has 0 fully saturated rings. The Morgan fingerprint density at radius 1 is 0.914 bits per heavy atom. The summed E-state index contributed by atoms with van der Waals surface area (Å²) in [6.45, 7) is 0. The Bertz CT molecular complexity index is 1430. The maximum atomic E-state index is 6.67. The summed E-state index contributed by atoms with van der Waals surface area (Å²) in [6, 6.07) is 24.1. The largest absolute Gasteiger partial charge is 0.493 e. The quantitative estimate of drug-likeness (QED) is 0.371. The summed E-state index contributed by atoms with van der Waals surface area (Å²) >= 11 is 1.51. The molecular formula is C27H24N4O3S. The van der Waals surface area contributed by atoms with Crippen LogP contribution in [-0.2, 0) is 0 Å². The van der Waals surface area contributed by atoms with Crippen molar-refractivity contribution in [1.82, 2.24) is 14.8 Å². The van der Waals surface area contributed by atoms with Crippen LogP contribution in [-0.4, -0.2) is 35.2 Å². The zero-order chi connectivity index (χ0) is 23.9. The summed E-state index contributed by atoms with van der Waals surface area (Å²) in [7, 11) is 3.29. The van der Waals surface area contributed by atoms with Gasteiger partial charge in [0.2, 0.25) is 11.1 Å². The minimum atomic E-state index is -0.318. The van der Waals surface area contributed by atoms with E-state index in [0.717, 1.165) is 33.7 Å². The molecule has 8 heteroatoms. The highest BCUT2D eigenvalue weighted by molar-refractivity contribution is 7.98. The molecule has 2 aliphatic rings. The fraction of sp³-hybridized carbons (Fsp3) is 0.185. The molecule has 2 aliphatic heterocycles. The molecule has 0 unspecified atom stereocenters. The Labute approximate surface area is 207 Å². The van der Waals surface area contributed by atoms with Gasteiger partial charge in [-0.25, -0.2) is 4.68 Å². The minimum Gasteiger partial charge on any atom is -0.493 e. The number of nitrogens with zero attached hydrogens (tertiary/aromatic N) is 3. The SMILES string of the molecule is COc1ccc([C@@H]2C3=C(Nc4nc(SC)nn42)c2ccccc2O[C@@H]3c2ccccc2)cc1OC. The zero-order valence-electron chi connectivity index (χ0n) is 19.6. The van der Waals surface area contributed by atoms with Crippen molar-refractivity contribution in [3.63, 3.8) is 0 Å². The number of hydrogen-bond acceptors (Lipinski definition) is 7. The molecule has 0 saturated carbocycles. The van der Waals surface area contributed by atoms with Gasteiger partial charge in [0.25, 0.3) is 0 Å². The lowest BCUT2D eigenvalue weighted by Crippen LogP contribution is -2.32. The number of para-hydroxylation sites is 1. The smallest absolute Gasteiger partial charge is 0.227 e. The standard InChI is InChI=1S/C27H24N4O3S/c1-32-20-14-13-17(15-21(20)33-2)24-22-23(28-26-29-27(35-3)30-31(24)26)18-11-7-8-12-19(18)34-25(22)16-9-5-4-6-10-16/h4-15,24-25H,1-3H3,(H,28,29,30)/t24-,25-/m1/s1. The second-order valence-corrected chi connectivity index (χ2v) is 9.02. The molecule has 0 spiro atoms. The maximum absolute atomic E-state index is 6.67. The molecule has 1 N–H and O–H groups in total. The van der Waals surface area contributed by atoms with Gasteiger partial charge in [-0.15, -0.1) is 5.10 Å². The van der Waals surface area contributed by atoms with Crippen LogP contribution in [0, 0.1) is 0 Å². The van der Waals surface area contributed by atoms with Gasteiger partial charge in [0.05, 0.1) is 19.9 Å². The summed E-state index contributed by atoms with van der Waals surface area (Å²) in [5.41, 5.74) is 5.12. The Kier molecular flexibility index (Phi) is 5.37. The molecule has 2 atom stereocenters. The Balaban J connectivity index is 1.63. The number of benzene rings is 3. The molecule has 1 aromatic heterocycles. The summed E-state index contributed by atoms with van der Waals surface area (Å²) in [4.78, 5) is 4.76. The molecular weight excluding hydrogens is 460 g/mol. The van der Waals surface area contributed by atoms with Crippen LogP contribution in [0.25, 0.3) is 5.70 Å². The van der Waals surface area contributed by atoms with Crippen LogP contribution in [0.1, 0.15) is 28.8 Å². The van der Waals surface area contributed by atoms with E-state index in [0.29, 0.717) is 22.6 Å². The Hall–Kier alpha value is -3.91. The first-order valence-corrected chi connectivity index (χ1v) is 12.5. The van der Waals surface area contributed by atoms with Crippen molar-refractivity contribution in [2.45, 2.75) is 17.3 Å². The highest BCUT2D eigenvalue weighted by Gasteiger charge is 2.41. The molecule has 0 amide bonds. The fourth-order valence-corrected chi connectivity index (χ4v) is 5.14. The van der Waals surface area contributed by atoms with Crippen molar-refractivity contribution in [2.24, 2.45) is 0 Å². The molecule has 3 heterocycles. The molecule has 0 radical (unpaired) electrons. The second kappa shape index (κ2) is 8.70. The van der Waals surface area contributed by atoms with E-state index in [4.69, 9.17) is 24.3 Å². The van der Waals surface area contributed by atoms with Crippen LogP contribution in [0.2, 0.25) is 0 Å². The number of nitrogens with one attached hydrogen (secondary N) is 1. The van der Waals surface area contributed by atoms with Crippen molar-refractivity contribution in [3.05, 3.63) is 95.1 Å². The summed E-state index contributed by atoms with van der Waals surface area (Å²) < 4.78 is 19.8. The summed E-state index contributed by atoms with van der Waals surface area (Å²) in [6.07, 6.45) is 1.66. The lowest BCUT2D eigenvalue weighted by molar-refractivity contribution is 0.223. The Morgan fingerprint density at radius 2 is 1.69 bits per heavy atom. The summed E-state index contributed by atoms with van der Waals surface area (Å²) in [5.74, 6) is 2.85. The molecule has 7 nitrogen and oxygen atoms in total. The summed E-state index contributed by atoms with van der Waals surface area (Å²) in [5, 5.41) is 9.12. The molecule has 3 aromatic carbocycles. The van der Waals surface area contributed by atoms with Crippen molar-refractivity contribution in [2.75, 3.05) is 25.8 Å². The number of rotatable bonds is 5. The van der Waals surface area contributed by atoms with E-state index in [9.17, 15) is 0 Å². The van der Waals surface area contributed by atoms with Crippen LogP contribution in [0.15, 0.2) is 83.5 Å². The van der Waals surface area contributed by atoms with E-state index in [1.54, 1.807) is 14.2 Å². The van der Waals surface area contributed by atoms with E-state index in [-0.39, 0.29) is 12.1 Å². The minimum absolute atomic E-state index is 0.270. The van der Waals surface area contributed by atoms with Crippen molar-refractivity contribution < 1.29 is 14.2 Å². The number of methoxy groups -OCH3 is 2. The fourth-order valence-electron chi connectivity index (χ4n) is 4.79. The number of hydrogen-bond donors (Lipinski definition) is 1. The van der Waals surface area contributed by atoms with Gasteiger partial charge in [0.15, 0.2) is 11.5 Å². The third-order valence-corrected chi connectivity index (χ3v) is 6.91. The van der Waals surface area contributed by atoms with Gasteiger partial charge < -0.3 is 19.5 Å². The normalized spacial score (nSPS) is 18.0. The van der Waals surface area contributed by atoms with Gasteiger partial charge in [-0.1, -0.05) is 60.3 Å². The van der Waals surface area contributed by atoms with E-state index < -0.39 is 0 Å². The number of thioether (sulfide) groups is 1. The van der Waals surface area contributed by atoms with Gasteiger partial charge >= 0.3 is 0 Å². The predicted molar refractivity (Wildman–Crippen MR) is 136 cm³/mol. The van der Waals surface area contributed by atoms with Crippen LogP contribution in [0.4, 0.5) is 5.95 Å². The Morgan fingerprint density at radius 3 is 2.46 bits per heavy atom. The number of aromatic nitrogens is 3. The topological polar surface area (TPSA) is 70.4 Å². The molecule has 35 heavy (non-hydrogen) atoms. The van der Waals surface area contributed by atoms with E-state index >= 15 is 0 Å². The number of anilines is 1. The first kappa shape index (κ1) is 21.6. The molecule has 0 aliphatic carbocycles. The van der Waals surface area contributed by atoms with Gasteiger partial charge in [-0.3, -0.25) is 0 Å². The van der Waals surface area contributed by atoms with Crippen LogP contribution >= 0.6 is 11.8 Å². The highest BCUT2D eigenvalue weighted by Crippen LogP contribution is 2.51. The number of fused-ring (bicyclic) bond motifs is 3. The molecule has 176 valence electrons. The van der Waals surface area contributed by atoms with Gasteiger partial charge in [-0.05, 0) is 41.6 Å². The van der Waals surface area contributed by atoms with Gasteiger partial charge in [0, 0.05) is 11.1 Å². The van der Waals surface area contributed by atoms with E-state index in [1.807, 2.05) is 59.5 Å². The lowest BCUT2D eigenvalue weighted by atomic mass is 9.84. The average Bonchev–Trinajstić information content (AvgIpc) is 3.34. The first-order chi connectivity index (χ1) is 17.2. The zero-order valence-corrected chi connectivity index (χ0v) is 20.4. The lowest BCUT2D eigenvalue weighted by Gasteiger charge is -2.39. The van der Waals surface area contributed by atoms with Crippen LogP contribution < -0.4 is 19.5 Å². The molecule has 6 rings (SSSR count). The monoisotopic (exact) mass is 484 g/mol. The van der Waals surface area contributed by atoms with E-state index in [1.165, 1.54) is 11.8 Å². The molecule has 0 bridgehead atoms. The maximum Gasteiger partial charge on any atom is 0.227 e. The van der Waals surface area contributed by atoms with E-state index in [2.05, 4.69) is 29.6 Å². The van der Waals surface area contributed by atoms with Crippen LogP contribution in [0.5, 0.6) is 17.2 Å². The van der Waals surface area contributed by atoms with Crippen molar-refractivity contribution >= 4 is 23.4 Å². The number of ether oxygens (including phenoxy) is 3. The third kappa shape index (κ3) is 3.52. The highest BCUT2D eigenvalue weighted by atomic mass is 32.2. The van der Waals surface area contributed by atoms with Gasteiger partial charge in [-0.2, -0.15) is 4.98 Å². The van der Waals surface area contributed by atoms with Crippen LogP contribution in [0.3, 0.4) is 0 Å². The third-order valence-electron chi connectivity index (χ3n) is 6.37. The van der Waals surface area contributed by atoms with Crippen molar-refractivity contribution in [1.29, 1.82) is 0 Å².